The first kappa shape index (κ1) is 18.0. The highest BCUT2D eigenvalue weighted by Crippen LogP contribution is 2.42. The Balaban J connectivity index is 1.83. The average molecular weight is 424 g/mol. The van der Waals surface area contributed by atoms with E-state index in [4.69, 9.17) is 16.0 Å². The molecular weight excluding hydrogens is 410 g/mol. The highest BCUT2D eigenvalue weighted by Gasteiger charge is 2.45. The monoisotopic (exact) mass is 423 g/mol. The maximum atomic E-state index is 13.4. The van der Waals surface area contributed by atoms with Crippen LogP contribution >= 0.6 is 22.9 Å². The van der Waals surface area contributed by atoms with Crippen LogP contribution in [0.25, 0.3) is 11.0 Å². The van der Waals surface area contributed by atoms with Gasteiger partial charge in [-0.1, -0.05) is 11.6 Å². The van der Waals surface area contributed by atoms with E-state index in [1.807, 2.05) is 13.8 Å². The number of carbonyl (C=O) groups is 1. The van der Waals surface area contributed by atoms with E-state index in [0.717, 1.165) is 16.1 Å². The van der Waals surface area contributed by atoms with Crippen molar-refractivity contribution in [1.29, 1.82) is 0 Å². The molecule has 3 aromatic heterocycles. The van der Waals surface area contributed by atoms with Gasteiger partial charge in [-0.15, -0.1) is 11.3 Å². The van der Waals surface area contributed by atoms with Gasteiger partial charge in [0, 0.05) is 22.3 Å². The van der Waals surface area contributed by atoms with Crippen LogP contribution in [0.5, 0.6) is 0 Å². The summed E-state index contributed by atoms with van der Waals surface area (Å²) in [5.41, 5.74) is 1.95. The number of thiazole rings is 1. The number of hydrogen-bond acceptors (Lipinski definition) is 6. The molecule has 6 nitrogen and oxygen atoms in total. The van der Waals surface area contributed by atoms with Gasteiger partial charge >= 0.3 is 0 Å². The number of aromatic nitrogens is 2. The molecule has 0 fully saturated rings. The lowest BCUT2D eigenvalue weighted by molar-refractivity contribution is 0.0971. The van der Waals surface area contributed by atoms with E-state index in [0.29, 0.717) is 26.7 Å². The van der Waals surface area contributed by atoms with Crippen LogP contribution in [0.3, 0.4) is 0 Å². The van der Waals surface area contributed by atoms with Gasteiger partial charge in [-0.3, -0.25) is 19.5 Å². The summed E-state index contributed by atoms with van der Waals surface area (Å²) in [6.45, 7) is 3.84. The fourth-order valence-corrected chi connectivity index (χ4v) is 4.67. The second-order valence-electron chi connectivity index (χ2n) is 6.81. The number of nitrogens with zero attached hydrogens (tertiary/aromatic N) is 3. The largest absolute Gasteiger partial charge is 0.450 e. The summed E-state index contributed by atoms with van der Waals surface area (Å²) >= 11 is 7.50. The van der Waals surface area contributed by atoms with Crippen LogP contribution in [0.4, 0.5) is 5.13 Å². The predicted molar refractivity (Wildman–Crippen MR) is 112 cm³/mol. The summed E-state index contributed by atoms with van der Waals surface area (Å²) < 4.78 is 5.90. The van der Waals surface area contributed by atoms with Crippen molar-refractivity contribution in [3.63, 3.8) is 0 Å². The van der Waals surface area contributed by atoms with Crippen molar-refractivity contribution in [2.45, 2.75) is 19.9 Å². The van der Waals surface area contributed by atoms with Crippen LogP contribution in [-0.2, 0) is 0 Å². The lowest BCUT2D eigenvalue weighted by Gasteiger charge is -2.22. The molecular formula is C21H14ClN3O3S. The van der Waals surface area contributed by atoms with E-state index in [1.165, 1.54) is 16.2 Å². The fraction of sp³-hybridized carbons (Fsp3) is 0.143. The van der Waals surface area contributed by atoms with Gasteiger partial charge in [0.1, 0.15) is 5.58 Å². The van der Waals surface area contributed by atoms with Crippen LogP contribution in [0.2, 0.25) is 5.02 Å². The molecule has 1 aliphatic heterocycles. The molecule has 0 N–H and O–H groups in total. The zero-order valence-corrected chi connectivity index (χ0v) is 17.0. The standard InChI is InChI=1S/C21H14ClN3O3S/c1-10-11(2)29-21(24-10)25-17(12-5-7-23-8-6-12)16-18(26)14-9-13(22)3-4-15(14)28-19(16)20(25)27/h3-9,17H,1-2H3. The number of carbonyl (C=O) groups excluding carboxylic acids is 1. The topological polar surface area (TPSA) is 76.3 Å². The van der Waals surface area contributed by atoms with Crippen molar-refractivity contribution < 1.29 is 9.21 Å². The van der Waals surface area contributed by atoms with E-state index < -0.39 is 6.04 Å². The average Bonchev–Trinajstić information content (AvgIpc) is 3.20. The Morgan fingerprint density at radius 3 is 2.59 bits per heavy atom. The molecule has 0 spiro atoms. The molecule has 1 amide bonds. The van der Waals surface area contributed by atoms with Crippen molar-refractivity contribution in [3.05, 3.63) is 85.4 Å². The molecule has 1 unspecified atom stereocenters. The van der Waals surface area contributed by atoms with Crippen molar-refractivity contribution in [1.82, 2.24) is 9.97 Å². The molecule has 4 aromatic rings. The van der Waals surface area contributed by atoms with Crippen molar-refractivity contribution in [2.75, 3.05) is 4.90 Å². The molecule has 5 rings (SSSR count). The first-order valence-corrected chi connectivity index (χ1v) is 10.1. The maximum Gasteiger partial charge on any atom is 0.297 e. The van der Waals surface area contributed by atoms with Crippen LogP contribution < -0.4 is 10.3 Å². The minimum Gasteiger partial charge on any atom is -0.450 e. The van der Waals surface area contributed by atoms with Gasteiger partial charge in [0.15, 0.2) is 10.6 Å². The molecule has 4 heterocycles. The van der Waals surface area contributed by atoms with E-state index in [1.54, 1.807) is 42.7 Å². The molecule has 8 heteroatoms. The highest BCUT2D eigenvalue weighted by atomic mass is 35.5. The summed E-state index contributed by atoms with van der Waals surface area (Å²) in [6.07, 6.45) is 3.27. The Bertz CT molecular complexity index is 1330. The second kappa shape index (κ2) is 6.50. The van der Waals surface area contributed by atoms with Crippen LogP contribution in [0.1, 0.15) is 38.3 Å². The van der Waals surface area contributed by atoms with Crippen LogP contribution in [-0.4, -0.2) is 15.9 Å². The van der Waals surface area contributed by atoms with E-state index in [-0.39, 0.29) is 17.1 Å². The molecule has 1 aromatic carbocycles. The number of fused-ring (bicyclic) bond motifs is 2. The Morgan fingerprint density at radius 1 is 1.14 bits per heavy atom. The fourth-order valence-electron chi connectivity index (χ4n) is 3.56. The number of rotatable bonds is 2. The molecule has 0 bridgehead atoms. The second-order valence-corrected chi connectivity index (χ2v) is 8.43. The number of benzene rings is 1. The van der Waals surface area contributed by atoms with Gasteiger partial charge in [0.2, 0.25) is 5.76 Å². The normalized spacial score (nSPS) is 15.9. The third kappa shape index (κ3) is 2.69. The van der Waals surface area contributed by atoms with Gasteiger partial charge in [0.05, 0.1) is 22.7 Å². The maximum absolute atomic E-state index is 13.4. The smallest absolute Gasteiger partial charge is 0.297 e. The lowest BCUT2D eigenvalue weighted by Crippen LogP contribution is -2.29. The Labute approximate surface area is 174 Å². The molecule has 0 saturated heterocycles. The zero-order chi connectivity index (χ0) is 20.3. The van der Waals surface area contributed by atoms with Gasteiger partial charge < -0.3 is 4.42 Å². The third-order valence-electron chi connectivity index (χ3n) is 5.08. The Hall–Kier alpha value is -3.03. The SMILES string of the molecule is Cc1nc(N2C(=O)c3oc4ccc(Cl)cc4c(=O)c3C2c2ccncc2)sc1C. The lowest BCUT2D eigenvalue weighted by atomic mass is 10.00. The van der Waals surface area contributed by atoms with Gasteiger partial charge in [-0.25, -0.2) is 4.98 Å². The summed E-state index contributed by atoms with van der Waals surface area (Å²) in [5, 5.41) is 1.30. The van der Waals surface area contributed by atoms with Gasteiger partial charge in [-0.2, -0.15) is 0 Å². The predicted octanol–water partition coefficient (Wildman–Crippen LogP) is 4.66. The summed E-state index contributed by atoms with van der Waals surface area (Å²) in [7, 11) is 0. The number of hydrogen-bond donors (Lipinski definition) is 0. The van der Waals surface area contributed by atoms with Crippen molar-refractivity contribution >= 4 is 44.9 Å². The van der Waals surface area contributed by atoms with Crippen molar-refractivity contribution in [2.24, 2.45) is 0 Å². The van der Waals surface area contributed by atoms with Crippen LogP contribution in [0.15, 0.2) is 51.9 Å². The summed E-state index contributed by atoms with van der Waals surface area (Å²) in [4.78, 5) is 38.0. The van der Waals surface area contributed by atoms with E-state index >= 15 is 0 Å². The minimum absolute atomic E-state index is 0.0390. The number of amides is 1. The van der Waals surface area contributed by atoms with Gasteiger partial charge in [0.25, 0.3) is 5.91 Å². The number of pyridine rings is 1. The Kier molecular flexibility index (Phi) is 4.04. The first-order valence-electron chi connectivity index (χ1n) is 8.89. The van der Waals surface area contributed by atoms with Crippen LogP contribution in [0, 0.1) is 13.8 Å². The number of anilines is 1. The van der Waals surface area contributed by atoms with Crippen molar-refractivity contribution in [3.8, 4) is 0 Å². The quantitative estimate of drug-likeness (QED) is 0.468. The number of halogens is 1. The molecule has 144 valence electrons. The molecule has 1 aliphatic rings. The molecule has 0 aliphatic carbocycles. The first-order chi connectivity index (χ1) is 14.0. The third-order valence-corrected chi connectivity index (χ3v) is 6.38. The molecule has 29 heavy (non-hydrogen) atoms. The zero-order valence-electron chi connectivity index (χ0n) is 15.5. The molecule has 0 saturated carbocycles. The highest BCUT2D eigenvalue weighted by molar-refractivity contribution is 7.15. The minimum atomic E-state index is -0.648. The summed E-state index contributed by atoms with van der Waals surface area (Å²) in [6, 6.07) is 7.73. The van der Waals surface area contributed by atoms with E-state index in [9.17, 15) is 9.59 Å². The number of aryl methyl sites for hydroxylation is 2. The van der Waals surface area contributed by atoms with Gasteiger partial charge in [-0.05, 0) is 49.7 Å². The van der Waals surface area contributed by atoms with E-state index in [2.05, 4.69) is 9.97 Å². The summed E-state index contributed by atoms with van der Waals surface area (Å²) in [5.74, 6) is -0.346. The Morgan fingerprint density at radius 2 is 1.90 bits per heavy atom. The molecule has 0 radical (unpaired) electrons. The molecule has 1 atom stereocenters.